The summed E-state index contributed by atoms with van der Waals surface area (Å²) in [7, 11) is 2.22. The highest BCUT2D eigenvalue weighted by Gasteiger charge is 2.17. The Labute approximate surface area is 94.6 Å². The van der Waals surface area contributed by atoms with E-state index in [2.05, 4.69) is 30.7 Å². The first kappa shape index (κ1) is 12.9. The van der Waals surface area contributed by atoms with Crippen molar-refractivity contribution < 1.29 is 0 Å². The number of nitrogens with two attached hydrogens (primary N) is 1. The summed E-state index contributed by atoms with van der Waals surface area (Å²) >= 11 is 0. The number of likely N-dealkylation sites (tertiary alicyclic amines) is 1. The molecule has 1 aliphatic rings. The fraction of sp³-hybridized carbons (Fsp3) is 1.00. The molecule has 2 atom stereocenters. The van der Waals surface area contributed by atoms with E-state index in [1.54, 1.807) is 0 Å². The van der Waals surface area contributed by atoms with E-state index in [9.17, 15) is 0 Å². The second-order valence-electron chi connectivity index (χ2n) is 4.98. The van der Waals surface area contributed by atoms with Gasteiger partial charge in [-0.15, -0.1) is 0 Å². The lowest BCUT2D eigenvalue weighted by Crippen LogP contribution is -2.41. The van der Waals surface area contributed by atoms with Gasteiger partial charge < -0.3 is 15.5 Å². The Kier molecular flexibility index (Phi) is 5.58. The summed E-state index contributed by atoms with van der Waals surface area (Å²) in [4.78, 5) is 5.01. The van der Waals surface area contributed by atoms with Crippen molar-refractivity contribution in [3.05, 3.63) is 0 Å². The molecule has 1 aliphatic heterocycles. The van der Waals surface area contributed by atoms with Crippen molar-refractivity contribution in [1.82, 2.24) is 9.80 Å². The molecule has 0 saturated carbocycles. The third-order valence-corrected chi connectivity index (χ3v) is 3.86. The zero-order valence-electron chi connectivity index (χ0n) is 10.6. The van der Waals surface area contributed by atoms with Gasteiger partial charge in [-0.3, -0.25) is 0 Å². The van der Waals surface area contributed by atoms with Gasteiger partial charge in [0.2, 0.25) is 0 Å². The van der Waals surface area contributed by atoms with Crippen LogP contribution in [0, 0.1) is 5.92 Å². The predicted octanol–water partition coefficient (Wildman–Crippen LogP) is 0.997. The van der Waals surface area contributed by atoms with Gasteiger partial charge in [0.15, 0.2) is 0 Å². The van der Waals surface area contributed by atoms with Crippen molar-refractivity contribution in [2.75, 3.05) is 39.8 Å². The molecule has 0 aromatic rings. The Balaban J connectivity index is 2.19. The third kappa shape index (κ3) is 4.09. The van der Waals surface area contributed by atoms with E-state index in [4.69, 9.17) is 5.73 Å². The molecule has 90 valence electrons. The Morgan fingerprint density at radius 2 is 1.87 bits per heavy atom. The zero-order valence-corrected chi connectivity index (χ0v) is 10.6. The summed E-state index contributed by atoms with van der Waals surface area (Å²) in [5.41, 5.74) is 5.69. The van der Waals surface area contributed by atoms with Crippen molar-refractivity contribution in [3.63, 3.8) is 0 Å². The van der Waals surface area contributed by atoms with Crippen LogP contribution < -0.4 is 5.73 Å². The van der Waals surface area contributed by atoms with Gasteiger partial charge in [-0.1, -0.05) is 6.92 Å². The normalized spacial score (nSPS) is 22.2. The van der Waals surface area contributed by atoms with Gasteiger partial charge in [-0.2, -0.15) is 0 Å². The van der Waals surface area contributed by atoms with Crippen LogP contribution in [0.2, 0.25) is 0 Å². The second-order valence-corrected chi connectivity index (χ2v) is 4.98. The quantitative estimate of drug-likeness (QED) is 0.714. The first-order valence-electron chi connectivity index (χ1n) is 6.27. The number of nitrogens with zero attached hydrogens (tertiary/aromatic N) is 2. The van der Waals surface area contributed by atoms with Gasteiger partial charge >= 0.3 is 0 Å². The molecule has 0 amide bonds. The molecule has 0 spiro atoms. The summed E-state index contributed by atoms with van der Waals surface area (Å²) in [6.45, 7) is 10.3. The average molecular weight is 213 g/mol. The topological polar surface area (TPSA) is 32.5 Å². The standard InChI is InChI=1S/C12H27N3/c1-11(10-13)12(2)14(3)8-9-15-6-4-5-7-15/h11-12H,4-10,13H2,1-3H3. The van der Waals surface area contributed by atoms with Crippen molar-refractivity contribution in [2.45, 2.75) is 32.7 Å². The molecule has 1 heterocycles. The van der Waals surface area contributed by atoms with Crippen LogP contribution in [0.3, 0.4) is 0 Å². The highest BCUT2D eigenvalue weighted by atomic mass is 15.2. The molecule has 0 aromatic carbocycles. The van der Waals surface area contributed by atoms with Crippen molar-refractivity contribution in [2.24, 2.45) is 11.7 Å². The SMILES string of the molecule is CC(CN)C(C)N(C)CCN1CCCC1. The third-order valence-electron chi connectivity index (χ3n) is 3.86. The summed E-state index contributed by atoms with van der Waals surface area (Å²) in [5, 5.41) is 0. The molecule has 0 radical (unpaired) electrons. The first-order chi connectivity index (χ1) is 7.15. The van der Waals surface area contributed by atoms with E-state index in [-0.39, 0.29) is 0 Å². The Bertz CT molecular complexity index is 166. The highest BCUT2D eigenvalue weighted by Crippen LogP contribution is 2.10. The molecular formula is C12H27N3. The largest absolute Gasteiger partial charge is 0.330 e. The minimum atomic E-state index is 0.591. The zero-order chi connectivity index (χ0) is 11.3. The molecule has 0 aromatic heterocycles. The fourth-order valence-corrected chi connectivity index (χ4v) is 2.14. The average Bonchev–Trinajstić information content (AvgIpc) is 2.76. The maximum atomic E-state index is 5.69. The molecule has 1 saturated heterocycles. The van der Waals surface area contributed by atoms with Crippen molar-refractivity contribution in [1.29, 1.82) is 0 Å². The van der Waals surface area contributed by atoms with E-state index in [1.165, 1.54) is 39.0 Å². The first-order valence-corrected chi connectivity index (χ1v) is 6.27. The molecule has 0 bridgehead atoms. The molecule has 2 N–H and O–H groups in total. The van der Waals surface area contributed by atoms with Gasteiger partial charge in [0.05, 0.1) is 0 Å². The molecule has 1 rings (SSSR count). The summed E-state index contributed by atoms with van der Waals surface area (Å²) in [6.07, 6.45) is 2.77. The van der Waals surface area contributed by atoms with Crippen LogP contribution in [0.4, 0.5) is 0 Å². The minimum Gasteiger partial charge on any atom is -0.330 e. The summed E-state index contributed by atoms with van der Waals surface area (Å²) < 4.78 is 0. The Morgan fingerprint density at radius 3 is 2.40 bits per heavy atom. The van der Waals surface area contributed by atoms with Crippen LogP contribution in [-0.2, 0) is 0 Å². The number of likely N-dealkylation sites (N-methyl/N-ethyl adjacent to an activating group) is 1. The summed E-state index contributed by atoms with van der Waals surface area (Å²) in [6, 6.07) is 0.595. The van der Waals surface area contributed by atoms with Crippen LogP contribution in [0.5, 0.6) is 0 Å². The lowest BCUT2D eigenvalue weighted by atomic mass is 10.0. The Morgan fingerprint density at radius 1 is 1.27 bits per heavy atom. The molecule has 3 nitrogen and oxygen atoms in total. The Hall–Kier alpha value is -0.120. The maximum Gasteiger partial charge on any atom is 0.0109 e. The van der Waals surface area contributed by atoms with Gasteiger partial charge in [0.25, 0.3) is 0 Å². The van der Waals surface area contributed by atoms with Gasteiger partial charge in [0.1, 0.15) is 0 Å². The van der Waals surface area contributed by atoms with Gasteiger partial charge in [-0.25, -0.2) is 0 Å². The highest BCUT2D eigenvalue weighted by molar-refractivity contribution is 4.73. The number of rotatable bonds is 6. The molecule has 15 heavy (non-hydrogen) atoms. The van der Waals surface area contributed by atoms with Crippen LogP contribution in [0.25, 0.3) is 0 Å². The fourth-order valence-electron chi connectivity index (χ4n) is 2.14. The second kappa shape index (κ2) is 6.46. The van der Waals surface area contributed by atoms with Gasteiger partial charge in [-0.05, 0) is 52.4 Å². The van der Waals surface area contributed by atoms with Crippen molar-refractivity contribution in [3.8, 4) is 0 Å². The van der Waals surface area contributed by atoms with E-state index in [0.29, 0.717) is 12.0 Å². The molecular weight excluding hydrogens is 186 g/mol. The summed E-state index contributed by atoms with van der Waals surface area (Å²) in [5.74, 6) is 0.591. The lowest BCUT2D eigenvalue weighted by molar-refractivity contribution is 0.177. The number of hydrogen-bond donors (Lipinski definition) is 1. The van der Waals surface area contributed by atoms with E-state index in [0.717, 1.165) is 6.54 Å². The van der Waals surface area contributed by atoms with Gasteiger partial charge in [0, 0.05) is 19.1 Å². The van der Waals surface area contributed by atoms with E-state index < -0.39 is 0 Å². The predicted molar refractivity (Wildman–Crippen MR) is 66.0 cm³/mol. The van der Waals surface area contributed by atoms with Crippen LogP contribution in [0.15, 0.2) is 0 Å². The van der Waals surface area contributed by atoms with Crippen LogP contribution in [-0.4, -0.2) is 55.6 Å². The molecule has 2 unspecified atom stereocenters. The van der Waals surface area contributed by atoms with Crippen LogP contribution in [0.1, 0.15) is 26.7 Å². The number of hydrogen-bond acceptors (Lipinski definition) is 3. The molecule has 0 aliphatic carbocycles. The lowest BCUT2D eigenvalue weighted by Gasteiger charge is -2.30. The van der Waals surface area contributed by atoms with E-state index in [1.807, 2.05) is 0 Å². The minimum absolute atomic E-state index is 0.591. The van der Waals surface area contributed by atoms with Crippen molar-refractivity contribution >= 4 is 0 Å². The maximum absolute atomic E-state index is 5.69. The molecule has 3 heteroatoms. The molecule has 1 fully saturated rings. The smallest absolute Gasteiger partial charge is 0.0109 e. The monoisotopic (exact) mass is 213 g/mol. The van der Waals surface area contributed by atoms with Crippen LogP contribution >= 0.6 is 0 Å². The van der Waals surface area contributed by atoms with E-state index >= 15 is 0 Å².